The van der Waals surface area contributed by atoms with Crippen molar-refractivity contribution in [2.45, 2.75) is 13.3 Å². The van der Waals surface area contributed by atoms with Gasteiger partial charge in [-0.3, -0.25) is 10.1 Å². The minimum atomic E-state index is -0.279. The van der Waals surface area contributed by atoms with Crippen LogP contribution in [0.5, 0.6) is 5.75 Å². The number of methoxy groups -OCH3 is 1. The number of amides is 1. The fourth-order valence-electron chi connectivity index (χ4n) is 2.25. The Morgan fingerprint density at radius 1 is 1.17 bits per heavy atom. The van der Waals surface area contributed by atoms with Gasteiger partial charge in [0.15, 0.2) is 0 Å². The average molecular weight is 323 g/mol. The first kappa shape index (κ1) is 15.7. The SMILES string of the molecule is COc1ccc(Cc2nnc(NC(=O)c3cccc(C)c3)o2)cc1. The van der Waals surface area contributed by atoms with Crippen LogP contribution in [0, 0.1) is 6.92 Å². The highest BCUT2D eigenvalue weighted by Gasteiger charge is 2.12. The van der Waals surface area contributed by atoms with E-state index in [-0.39, 0.29) is 11.9 Å². The van der Waals surface area contributed by atoms with Crippen molar-refractivity contribution in [1.82, 2.24) is 10.2 Å². The van der Waals surface area contributed by atoms with E-state index in [0.29, 0.717) is 17.9 Å². The Morgan fingerprint density at radius 2 is 1.96 bits per heavy atom. The van der Waals surface area contributed by atoms with Crippen LogP contribution < -0.4 is 10.1 Å². The van der Waals surface area contributed by atoms with Crippen molar-refractivity contribution >= 4 is 11.9 Å². The highest BCUT2D eigenvalue weighted by Crippen LogP contribution is 2.16. The van der Waals surface area contributed by atoms with Crippen LogP contribution in [-0.4, -0.2) is 23.2 Å². The van der Waals surface area contributed by atoms with Crippen LogP contribution in [0.1, 0.15) is 27.4 Å². The van der Waals surface area contributed by atoms with Crippen molar-refractivity contribution in [3.05, 3.63) is 71.1 Å². The van der Waals surface area contributed by atoms with Gasteiger partial charge in [-0.05, 0) is 36.8 Å². The molecule has 0 atom stereocenters. The van der Waals surface area contributed by atoms with Gasteiger partial charge in [0.2, 0.25) is 5.89 Å². The summed E-state index contributed by atoms with van der Waals surface area (Å²) in [7, 11) is 1.62. The maximum absolute atomic E-state index is 12.2. The van der Waals surface area contributed by atoms with E-state index in [2.05, 4.69) is 15.5 Å². The molecule has 122 valence electrons. The van der Waals surface area contributed by atoms with Gasteiger partial charge < -0.3 is 9.15 Å². The summed E-state index contributed by atoms with van der Waals surface area (Å²) in [5, 5.41) is 10.4. The summed E-state index contributed by atoms with van der Waals surface area (Å²) < 4.78 is 10.6. The molecule has 1 aromatic heterocycles. The Bertz CT molecular complexity index is 841. The lowest BCUT2D eigenvalue weighted by Gasteiger charge is -2.02. The van der Waals surface area contributed by atoms with E-state index < -0.39 is 0 Å². The van der Waals surface area contributed by atoms with Gasteiger partial charge in [0, 0.05) is 5.56 Å². The highest BCUT2D eigenvalue weighted by atomic mass is 16.5. The van der Waals surface area contributed by atoms with Crippen LogP contribution >= 0.6 is 0 Å². The molecule has 0 aliphatic rings. The molecule has 1 heterocycles. The largest absolute Gasteiger partial charge is 0.497 e. The van der Waals surface area contributed by atoms with E-state index in [0.717, 1.165) is 16.9 Å². The van der Waals surface area contributed by atoms with Crippen LogP contribution in [0.4, 0.5) is 6.01 Å². The fraction of sp³-hybridized carbons (Fsp3) is 0.167. The second kappa shape index (κ2) is 6.95. The molecular formula is C18H17N3O3. The number of hydrogen-bond donors (Lipinski definition) is 1. The van der Waals surface area contributed by atoms with E-state index in [1.807, 2.05) is 43.3 Å². The normalized spacial score (nSPS) is 10.4. The number of ether oxygens (including phenoxy) is 1. The van der Waals surface area contributed by atoms with Gasteiger partial charge >= 0.3 is 6.01 Å². The summed E-state index contributed by atoms with van der Waals surface area (Å²) in [6.45, 7) is 1.93. The first-order valence-corrected chi connectivity index (χ1v) is 7.47. The molecule has 6 nitrogen and oxygen atoms in total. The smallest absolute Gasteiger partial charge is 0.322 e. The minimum absolute atomic E-state index is 0.0880. The highest BCUT2D eigenvalue weighted by molar-refractivity contribution is 6.03. The Hall–Kier alpha value is -3.15. The summed E-state index contributed by atoms with van der Waals surface area (Å²) in [4.78, 5) is 12.2. The number of rotatable bonds is 5. The first-order chi connectivity index (χ1) is 11.6. The molecule has 0 saturated carbocycles. The Labute approximate surface area is 139 Å². The number of anilines is 1. The third-order valence-corrected chi connectivity index (χ3v) is 3.48. The summed E-state index contributed by atoms with van der Waals surface area (Å²) >= 11 is 0. The lowest BCUT2D eigenvalue weighted by molar-refractivity contribution is 0.102. The van der Waals surface area contributed by atoms with Crippen molar-refractivity contribution in [2.24, 2.45) is 0 Å². The molecule has 3 rings (SSSR count). The van der Waals surface area contributed by atoms with Crippen LogP contribution in [0.2, 0.25) is 0 Å². The number of nitrogens with zero attached hydrogens (tertiary/aromatic N) is 2. The minimum Gasteiger partial charge on any atom is -0.497 e. The monoisotopic (exact) mass is 323 g/mol. The number of carbonyl (C=O) groups is 1. The van der Waals surface area contributed by atoms with Gasteiger partial charge in [0.1, 0.15) is 5.75 Å². The molecule has 0 unspecified atom stereocenters. The first-order valence-electron chi connectivity index (χ1n) is 7.47. The topological polar surface area (TPSA) is 77.3 Å². The lowest BCUT2D eigenvalue weighted by Crippen LogP contribution is -2.12. The Morgan fingerprint density at radius 3 is 2.67 bits per heavy atom. The summed E-state index contributed by atoms with van der Waals surface area (Å²) in [5.74, 6) is 0.938. The molecular weight excluding hydrogens is 306 g/mol. The van der Waals surface area contributed by atoms with E-state index in [4.69, 9.17) is 9.15 Å². The van der Waals surface area contributed by atoms with Gasteiger partial charge in [-0.25, -0.2) is 0 Å². The molecule has 0 aliphatic heterocycles. The van der Waals surface area contributed by atoms with E-state index in [9.17, 15) is 4.79 Å². The van der Waals surface area contributed by atoms with Crippen LogP contribution in [0.25, 0.3) is 0 Å². The van der Waals surface area contributed by atoms with Crippen molar-refractivity contribution in [1.29, 1.82) is 0 Å². The standard InChI is InChI=1S/C18H17N3O3/c1-12-4-3-5-14(10-12)17(22)19-18-21-20-16(24-18)11-13-6-8-15(23-2)9-7-13/h3-10H,11H2,1-2H3,(H,19,21,22). The number of aromatic nitrogens is 2. The fourth-order valence-corrected chi connectivity index (χ4v) is 2.25. The van der Waals surface area contributed by atoms with Gasteiger partial charge in [0.25, 0.3) is 5.91 Å². The number of carbonyl (C=O) groups excluding carboxylic acids is 1. The number of aryl methyl sites for hydroxylation is 1. The third-order valence-electron chi connectivity index (χ3n) is 3.48. The van der Waals surface area contributed by atoms with Crippen molar-refractivity contribution in [2.75, 3.05) is 12.4 Å². The molecule has 1 N–H and O–H groups in total. The van der Waals surface area contributed by atoms with Gasteiger partial charge in [-0.1, -0.05) is 34.9 Å². The quantitative estimate of drug-likeness (QED) is 0.780. The zero-order chi connectivity index (χ0) is 16.9. The predicted molar refractivity (Wildman–Crippen MR) is 89.2 cm³/mol. The average Bonchev–Trinajstić information content (AvgIpc) is 3.02. The van der Waals surface area contributed by atoms with Crippen molar-refractivity contribution in [3.63, 3.8) is 0 Å². The predicted octanol–water partition coefficient (Wildman–Crippen LogP) is 3.23. The summed E-state index contributed by atoms with van der Waals surface area (Å²) in [6, 6.07) is 15.0. The van der Waals surface area contributed by atoms with Crippen LogP contribution in [0.3, 0.4) is 0 Å². The zero-order valence-corrected chi connectivity index (χ0v) is 13.4. The van der Waals surface area contributed by atoms with Crippen molar-refractivity contribution in [3.8, 4) is 5.75 Å². The van der Waals surface area contributed by atoms with E-state index >= 15 is 0 Å². The van der Waals surface area contributed by atoms with Crippen LogP contribution in [0.15, 0.2) is 52.9 Å². The molecule has 0 bridgehead atoms. The molecule has 0 spiro atoms. The maximum atomic E-state index is 12.2. The summed E-state index contributed by atoms with van der Waals surface area (Å²) in [5.41, 5.74) is 2.56. The number of nitrogens with one attached hydrogen (secondary N) is 1. The maximum Gasteiger partial charge on any atom is 0.322 e. The molecule has 6 heteroatoms. The molecule has 0 radical (unpaired) electrons. The van der Waals surface area contributed by atoms with Gasteiger partial charge in [-0.2, -0.15) is 0 Å². The second-order valence-corrected chi connectivity index (χ2v) is 5.35. The molecule has 3 aromatic rings. The second-order valence-electron chi connectivity index (χ2n) is 5.35. The van der Waals surface area contributed by atoms with Gasteiger partial charge in [0.05, 0.1) is 13.5 Å². The molecule has 0 fully saturated rings. The Balaban J connectivity index is 1.65. The summed E-state index contributed by atoms with van der Waals surface area (Å²) in [6.07, 6.45) is 0.483. The zero-order valence-electron chi connectivity index (χ0n) is 13.4. The molecule has 0 saturated heterocycles. The van der Waals surface area contributed by atoms with Crippen molar-refractivity contribution < 1.29 is 13.9 Å². The molecule has 1 amide bonds. The van der Waals surface area contributed by atoms with Crippen LogP contribution in [-0.2, 0) is 6.42 Å². The number of hydrogen-bond acceptors (Lipinski definition) is 5. The Kier molecular flexibility index (Phi) is 4.56. The van der Waals surface area contributed by atoms with E-state index in [1.54, 1.807) is 19.2 Å². The molecule has 2 aromatic carbocycles. The molecule has 24 heavy (non-hydrogen) atoms. The lowest BCUT2D eigenvalue weighted by atomic mass is 10.1. The van der Waals surface area contributed by atoms with E-state index in [1.165, 1.54) is 0 Å². The van der Waals surface area contributed by atoms with Gasteiger partial charge in [-0.15, -0.1) is 5.10 Å². The number of benzene rings is 2. The molecule has 0 aliphatic carbocycles. The third kappa shape index (κ3) is 3.78.